The largest absolute Gasteiger partial charge is 0.484 e. The van der Waals surface area contributed by atoms with Crippen molar-refractivity contribution in [2.24, 2.45) is 0 Å². The monoisotopic (exact) mass is 338 g/mol. The molecule has 1 aliphatic heterocycles. The van der Waals surface area contributed by atoms with Gasteiger partial charge in [-0.15, -0.1) is 0 Å². The molecule has 0 N–H and O–H groups in total. The van der Waals surface area contributed by atoms with Crippen LogP contribution in [0.4, 0.5) is 0 Å². The number of amides is 2. The highest BCUT2D eigenvalue weighted by molar-refractivity contribution is 5.94. The number of piperazine rings is 1. The van der Waals surface area contributed by atoms with Gasteiger partial charge in [0.25, 0.3) is 11.8 Å². The summed E-state index contributed by atoms with van der Waals surface area (Å²) in [7, 11) is 0. The minimum atomic E-state index is -0.0479. The molecule has 0 saturated carbocycles. The fourth-order valence-electron chi connectivity index (χ4n) is 2.86. The summed E-state index contributed by atoms with van der Waals surface area (Å²) in [6.45, 7) is 4.17. The van der Waals surface area contributed by atoms with Gasteiger partial charge in [0.1, 0.15) is 5.75 Å². The third-order valence-corrected chi connectivity index (χ3v) is 4.29. The highest BCUT2D eigenvalue weighted by Crippen LogP contribution is 2.13. The molecule has 5 nitrogen and oxygen atoms in total. The summed E-state index contributed by atoms with van der Waals surface area (Å²) < 4.78 is 5.57. The normalized spacial score (nSPS) is 14.3. The fourth-order valence-corrected chi connectivity index (χ4v) is 2.86. The second-order valence-corrected chi connectivity index (χ2v) is 6.14. The van der Waals surface area contributed by atoms with E-state index in [0.717, 1.165) is 5.56 Å². The molecule has 2 amide bonds. The minimum absolute atomic E-state index is 0.0173. The van der Waals surface area contributed by atoms with E-state index in [-0.39, 0.29) is 18.4 Å². The molecule has 25 heavy (non-hydrogen) atoms. The predicted octanol–water partition coefficient (Wildman–Crippen LogP) is 2.36. The second kappa shape index (κ2) is 7.83. The van der Waals surface area contributed by atoms with Crippen LogP contribution in [-0.4, -0.2) is 54.4 Å². The van der Waals surface area contributed by atoms with Gasteiger partial charge in [0.2, 0.25) is 0 Å². The van der Waals surface area contributed by atoms with Crippen LogP contribution in [0.25, 0.3) is 0 Å². The molecule has 2 aromatic rings. The Hall–Kier alpha value is -2.82. The van der Waals surface area contributed by atoms with Crippen LogP contribution in [0, 0.1) is 6.92 Å². The summed E-state index contributed by atoms with van der Waals surface area (Å²) in [4.78, 5) is 28.3. The van der Waals surface area contributed by atoms with Gasteiger partial charge in [0.05, 0.1) is 0 Å². The van der Waals surface area contributed by atoms with E-state index in [4.69, 9.17) is 4.74 Å². The highest BCUT2D eigenvalue weighted by atomic mass is 16.5. The zero-order valence-electron chi connectivity index (χ0n) is 14.4. The van der Waals surface area contributed by atoms with Crippen LogP contribution >= 0.6 is 0 Å². The highest BCUT2D eigenvalue weighted by Gasteiger charge is 2.24. The van der Waals surface area contributed by atoms with E-state index in [1.807, 2.05) is 61.5 Å². The summed E-state index contributed by atoms with van der Waals surface area (Å²) in [5.41, 5.74) is 1.78. The van der Waals surface area contributed by atoms with Gasteiger partial charge in [0.15, 0.2) is 6.61 Å². The van der Waals surface area contributed by atoms with E-state index in [9.17, 15) is 9.59 Å². The van der Waals surface area contributed by atoms with Gasteiger partial charge in [0, 0.05) is 31.7 Å². The summed E-state index contributed by atoms with van der Waals surface area (Å²) in [6.07, 6.45) is 0. The first-order valence-corrected chi connectivity index (χ1v) is 8.45. The van der Waals surface area contributed by atoms with Crippen LogP contribution in [0.2, 0.25) is 0 Å². The molecule has 5 heteroatoms. The van der Waals surface area contributed by atoms with Crippen LogP contribution in [0.1, 0.15) is 15.9 Å². The third-order valence-electron chi connectivity index (χ3n) is 4.29. The second-order valence-electron chi connectivity index (χ2n) is 6.14. The molecule has 0 bridgehead atoms. The molecule has 0 spiro atoms. The third kappa shape index (κ3) is 4.38. The van der Waals surface area contributed by atoms with Gasteiger partial charge in [-0.2, -0.15) is 0 Å². The Bertz CT molecular complexity index is 738. The maximum atomic E-state index is 12.4. The first-order valence-electron chi connectivity index (χ1n) is 8.45. The van der Waals surface area contributed by atoms with E-state index < -0.39 is 0 Å². The van der Waals surface area contributed by atoms with Crippen LogP contribution in [0.3, 0.4) is 0 Å². The Morgan fingerprint density at radius 2 is 1.60 bits per heavy atom. The van der Waals surface area contributed by atoms with E-state index in [2.05, 4.69) is 0 Å². The van der Waals surface area contributed by atoms with E-state index in [1.54, 1.807) is 9.80 Å². The molecule has 0 atom stereocenters. The molecular formula is C20H22N2O3. The number of rotatable bonds is 4. The van der Waals surface area contributed by atoms with Crippen LogP contribution < -0.4 is 4.74 Å². The molecule has 1 heterocycles. The standard InChI is InChI=1S/C20H22N2O3/c1-16-6-5-9-18(14-16)25-15-19(23)21-10-12-22(13-11-21)20(24)17-7-3-2-4-8-17/h2-9,14H,10-13,15H2,1H3. The van der Waals surface area contributed by atoms with E-state index in [1.165, 1.54) is 0 Å². The van der Waals surface area contributed by atoms with E-state index in [0.29, 0.717) is 37.5 Å². The number of hydrogen-bond donors (Lipinski definition) is 0. The average molecular weight is 338 g/mol. The van der Waals surface area contributed by atoms with E-state index >= 15 is 0 Å². The van der Waals surface area contributed by atoms with Gasteiger partial charge in [-0.05, 0) is 36.8 Å². The fraction of sp³-hybridized carbons (Fsp3) is 0.300. The molecule has 3 rings (SSSR count). The lowest BCUT2D eigenvalue weighted by Crippen LogP contribution is -2.51. The molecule has 0 unspecified atom stereocenters. The first-order chi connectivity index (χ1) is 12.1. The molecule has 1 saturated heterocycles. The summed E-state index contributed by atoms with van der Waals surface area (Å²) in [5, 5.41) is 0. The van der Waals surface area contributed by atoms with Crippen LogP contribution in [0.5, 0.6) is 5.75 Å². The zero-order valence-corrected chi connectivity index (χ0v) is 14.4. The van der Waals surface area contributed by atoms with Crippen molar-refractivity contribution in [3.05, 3.63) is 65.7 Å². The Balaban J connectivity index is 1.48. The van der Waals surface area contributed by atoms with Gasteiger partial charge in [-0.3, -0.25) is 9.59 Å². The van der Waals surface area contributed by atoms with Crippen molar-refractivity contribution in [2.75, 3.05) is 32.8 Å². The number of carbonyl (C=O) groups is 2. The number of aryl methyl sites for hydroxylation is 1. The molecule has 1 aliphatic rings. The first kappa shape index (κ1) is 17.0. The molecule has 130 valence electrons. The lowest BCUT2D eigenvalue weighted by Gasteiger charge is -2.34. The molecule has 0 aromatic heterocycles. The van der Waals surface area contributed by atoms with Crippen molar-refractivity contribution >= 4 is 11.8 Å². The van der Waals surface area contributed by atoms with Crippen molar-refractivity contribution in [3.8, 4) is 5.75 Å². The predicted molar refractivity (Wildman–Crippen MR) is 95.6 cm³/mol. The molecule has 1 fully saturated rings. The maximum absolute atomic E-state index is 12.4. The average Bonchev–Trinajstić information content (AvgIpc) is 2.66. The van der Waals surface area contributed by atoms with Gasteiger partial charge >= 0.3 is 0 Å². The molecule has 2 aromatic carbocycles. The lowest BCUT2D eigenvalue weighted by atomic mass is 10.2. The number of carbonyl (C=O) groups excluding carboxylic acids is 2. The number of nitrogens with zero attached hydrogens (tertiary/aromatic N) is 2. The van der Waals surface area contributed by atoms with Crippen LogP contribution in [0.15, 0.2) is 54.6 Å². The SMILES string of the molecule is Cc1cccc(OCC(=O)N2CCN(C(=O)c3ccccc3)CC2)c1. The number of ether oxygens (including phenoxy) is 1. The molecule has 0 radical (unpaired) electrons. The molecular weight excluding hydrogens is 316 g/mol. The summed E-state index contributed by atoms with van der Waals surface area (Å²) in [5.74, 6) is 0.670. The Kier molecular flexibility index (Phi) is 5.33. The summed E-state index contributed by atoms with van der Waals surface area (Å²) in [6, 6.07) is 16.9. The Morgan fingerprint density at radius 1 is 0.920 bits per heavy atom. The van der Waals surface area contributed by atoms with Gasteiger partial charge in [-0.25, -0.2) is 0 Å². The van der Waals surface area contributed by atoms with Crippen LogP contribution in [-0.2, 0) is 4.79 Å². The minimum Gasteiger partial charge on any atom is -0.484 e. The topological polar surface area (TPSA) is 49.9 Å². The van der Waals surface area contributed by atoms with Gasteiger partial charge < -0.3 is 14.5 Å². The maximum Gasteiger partial charge on any atom is 0.260 e. The molecule has 0 aliphatic carbocycles. The van der Waals surface area contributed by atoms with Crippen molar-refractivity contribution < 1.29 is 14.3 Å². The quantitative estimate of drug-likeness (QED) is 0.860. The smallest absolute Gasteiger partial charge is 0.260 e. The van der Waals surface area contributed by atoms with Gasteiger partial charge in [-0.1, -0.05) is 30.3 Å². The zero-order chi connectivity index (χ0) is 17.6. The van der Waals surface area contributed by atoms with Crippen molar-refractivity contribution in [3.63, 3.8) is 0 Å². The van der Waals surface area contributed by atoms with Crippen molar-refractivity contribution in [1.29, 1.82) is 0 Å². The van der Waals surface area contributed by atoms with Crippen molar-refractivity contribution in [1.82, 2.24) is 9.80 Å². The number of benzene rings is 2. The Morgan fingerprint density at radius 3 is 2.28 bits per heavy atom. The lowest BCUT2D eigenvalue weighted by molar-refractivity contribution is -0.134. The summed E-state index contributed by atoms with van der Waals surface area (Å²) >= 11 is 0. The Labute approximate surface area is 147 Å². The number of hydrogen-bond acceptors (Lipinski definition) is 3. The van der Waals surface area contributed by atoms with Crippen molar-refractivity contribution in [2.45, 2.75) is 6.92 Å².